The van der Waals surface area contributed by atoms with Crippen LogP contribution in [0.25, 0.3) is 0 Å². The van der Waals surface area contributed by atoms with E-state index in [1.165, 1.54) is 0 Å². The molecule has 7 nitrogen and oxygen atoms in total. The van der Waals surface area contributed by atoms with E-state index in [-0.39, 0.29) is 18.1 Å². The standard InChI is InChI=1S/C22H34ClN5O2/c1-17(21(29)27-9-4-5-10-27)26-11-13-28(14-12-26)22(24-2)25-16-20(30-3)18-7-6-8-19(23)15-18/h6-8,15,17,20H,4-5,9-14,16H2,1-3H3,(H,24,25). The largest absolute Gasteiger partial charge is 0.375 e. The first kappa shape index (κ1) is 22.8. The summed E-state index contributed by atoms with van der Waals surface area (Å²) in [7, 11) is 3.50. The molecule has 2 fully saturated rings. The number of piperazine rings is 1. The van der Waals surface area contributed by atoms with Gasteiger partial charge in [-0.05, 0) is 37.5 Å². The summed E-state index contributed by atoms with van der Waals surface area (Å²) in [4.78, 5) is 23.7. The number of ether oxygens (including phenoxy) is 1. The molecule has 2 aliphatic rings. The molecule has 1 N–H and O–H groups in total. The van der Waals surface area contributed by atoms with Gasteiger partial charge in [-0.2, -0.15) is 0 Å². The van der Waals surface area contributed by atoms with Crippen molar-refractivity contribution in [3.63, 3.8) is 0 Å². The highest BCUT2D eigenvalue weighted by molar-refractivity contribution is 6.30. The number of carbonyl (C=O) groups excluding carboxylic acids is 1. The molecule has 30 heavy (non-hydrogen) atoms. The third-order valence-electron chi connectivity index (χ3n) is 6.10. The van der Waals surface area contributed by atoms with Gasteiger partial charge in [0.2, 0.25) is 5.91 Å². The van der Waals surface area contributed by atoms with Crippen LogP contribution in [0.4, 0.5) is 0 Å². The number of benzene rings is 1. The Bertz CT molecular complexity index is 730. The number of aliphatic imine (C=N–C) groups is 1. The molecule has 1 amide bonds. The molecule has 2 unspecified atom stereocenters. The molecule has 2 heterocycles. The van der Waals surface area contributed by atoms with Crippen LogP contribution in [0.5, 0.6) is 0 Å². The highest BCUT2D eigenvalue weighted by Gasteiger charge is 2.30. The maximum absolute atomic E-state index is 12.7. The lowest BCUT2D eigenvalue weighted by Gasteiger charge is -2.39. The highest BCUT2D eigenvalue weighted by atomic mass is 35.5. The molecule has 0 spiro atoms. The molecule has 3 rings (SSSR count). The predicted octanol–water partition coefficient (Wildman–Crippen LogP) is 2.23. The van der Waals surface area contributed by atoms with Crippen LogP contribution >= 0.6 is 11.6 Å². The van der Waals surface area contributed by atoms with Crippen LogP contribution in [0.1, 0.15) is 31.4 Å². The number of guanidine groups is 1. The van der Waals surface area contributed by atoms with Crippen LogP contribution in [0.2, 0.25) is 5.02 Å². The van der Waals surface area contributed by atoms with Crippen molar-refractivity contribution in [1.82, 2.24) is 20.0 Å². The van der Waals surface area contributed by atoms with E-state index in [2.05, 4.69) is 20.1 Å². The molecule has 166 valence electrons. The molecule has 2 atom stereocenters. The summed E-state index contributed by atoms with van der Waals surface area (Å²) in [6, 6.07) is 7.68. The number of rotatable bonds is 6. The Balaban J connectivity index is 1.50. The summed E-state index contributed by atoms with van der Waals surface area (Å²) in [5.41, 5.74) is 1.03. The summed E-state index contributed by atoms with van der Waals surface area (Å²) in [6.45, 7) is 7.84. The van der Waals surface area contributed by atoms with Crippen LogP contribution in [-0.2, 0) is 9.53 Å². The van der Waals surface area contributed by atoms with Gasteiger partial charge >= 0.3 is 0 Å². The van der Waals surface area contributed by atoms with Crippen LogP contribution in [0, 0.1) is 0 Å². The van der Waals surface area contributed by atoms with Gasteiger partial charge in [0.25, 0.3) is 0 Å². The third kappa shape index (κ3) is 5.65. The molecular formula is C22H34ClN5O2. The minimum atomic E-state index is -0.111. The minimum Gasteiger partial charge on any atom is -0.375 e. The van der Waals surface area contributed by atoms with Gasteiger partial charge in [-0.15, -0.1) is 0 Å². The molecule has 0 bridgehead atoms. The first-order valence-electron chi connectivity index (χ1n) is 10.8. The number of likely N-dealkylation sites (tertiary alicyclic amines) is 1. The van der Waals surface area contributed by atoms with Gasteiger partial charge in [0.15, 0.2) is 5.96 Å². The van der Waals surface area contributed by atoms with Crippen molar-refractivity contribution in [3.05, 3.63) is 34.9 Å². The van der Waals surface area contributed by atoms with Gasteiger partial charge in [0, 0.05) is 65.0 Å². The molecule has 0 aromatic heterocycles. The Kier molecular flexibility index (Phi) is 8.36. The van der Waals surface area contributed by atoms with E-state index in [0.29, 0.717) is 11.6 Å². The Labute approximate surface area is 185 Å². The lowest BCUT2D eigenvalue weighted by Crippen LogP contribution is -2.57. The maximum Gasteiger partial charge on any atom is 0.239 e. The lowest BCUT2D eigenvalue weighted by molar-refractivity contribution is -0.135. The van der Waals surface area contributed by atoms with Gasteiger partial charge in [0.05, 0.1) is 12.1 Å². The third-order valence-corrected chi connectivity index (χ3v) is 6.33. The van der Waals surface area contributed by atoms with E-state index in [4.69, 9.17) is 16.3 Å². The molecule has 0 radical (unpaired) electrons. The van der Waals surface area contributed by atoms with Crippen molar-refractivity contribution < 1.29 is 9.53 Å². The Morgan fingerprint density at radius 3 is 2.47 bits per heavy atom. The van der Waals surface area contributed by atoms with Crippen LogP contribution in [0.3, 0.4) is 0 Å². The van der Waals surface area contributed by atoms with Gasteiger partial charge in [-0.3, -0.25) is 14.7 Å². The van der Waals surface area contributed by atoms with Gasteiger partial charge < -0.3 is 19.9 Å². The number of hydrogen-bond donors (Lipinski definition) is 1. The number of carbonyl (C=O) groups is 1. The monoisotopic (exact) mass is 435 g/mol. The highest BCUT2D eigenvalue weighted by Crippen LogP contribution is 2.20. The number of hydrogen-bond acceptors (Lipinski definition) is 4. The second-order valence-electron chi connectivity index (χ2n) is 7.94. The van der Waals surface area contributed by atoms with Crippen molar-refractivity contribution >= 4 is 23.5 Å². The van der Waals surface area contributed by atoms with Crippen molar-refractivity contribution in [2.75, 3.05) is 60.0 Å². The zero-order chi connectivity index (χ0) is 21.5. The normalized spacial score (nSPS) is 20.3. The van der Waals surface area contributed by atoms with Crippen molar-refractivity contribution in [2.24, 2.45) is 4.99 Å². The maximum atomic E-state index is 12.7. The Hall–Kier alpha value is -1.83. The molecule has 1 aromatic rings. The van der Waals surface area contributed by atoms with Gasteiger partial charge in [-0.25, -0.2) is 0 Å². The smallest absolute Gasteiger partial charge is 0.239 e. The predicted molar refractivity (Wildman–Crippen MR) is 121 cm³/mol. The van der Waals surface area contributed by atoms with E-state index in [1.807, 2.05) is 36.1 Å². The lowest BCUT2D eigenvalue weighted by atomic mass is 10.1. The second-order valence-corrected chi connectivity index (χ2v) is 8.38. The first-order valence-corrected chi connectivity index (χ1v) is 11.2. The number of nitrogens with one attached hydrogen (secondary N) is 1. The molecule has 0 saturated carbocycles. The molecule has 0 aliphatic carbocycles. The Morgan fingerprint density at radius 1 is 1.17 bits per heavy atom. The summed E-state index contributed by atoms with van der Waals surface area (Å²) < 4.78 is 5.65. The van der Waals surface area contributed by atoms with Gasteiger partial charge in [-0.1, -0.05) is 23.7 Å². The van der Waals surface area contributed by atoms with E-state index in [1.54, 1.807) is 14.2 Å². The summed E-state index contributed by atoms with van der Waals surface area (Å²) in [6.07, 6.45) is 2.15. The molecular weight excluding hydrogens is 402 g/mol. The summed E-state index contributed by atoms with van der Waals surface area (Å²) in [5.74, 6) is 1.13. The van der Waals surface area contributed by atoms with E-state index in [9.17, 15) is 4.79 Å². The fourth-order valence-corrected chi connectivity index (χ4v) is 4.44. The average Bonchev–Trinajstić information content (AvgIpc) is 3.31. The number of amides is 1. The summed E-state index contributed by atoms with van der Waals surface area (Å²) >= 11 is 6.12. The van der Waals surface area contributed by atoms with E-state index >= 15 is 0 Å². The molecule has 1 aromatic carbocycles. The summed E-state index contributed by atoms with van der Waals surface area (Å²) in [5, 5.41) is 4.14. The fraction of sp³-hybridized carbons (Fsp3) is 0.636. The van der Waals surface area contributed by atoms with E-state index in [0.717, 1.165) is 63.6 Å². The fourth-order valence-electron chi connectivity index (χ4n) is 4.24. The SMILES string of the molecule is CN=C(NCC(OC)c1cccc(Cl)c1)N1CCN(C(C)C(=O)N2CCCC2)CC1. The van der Waals surface area contributed by atoms with Crippen LogP contribution in [-0.4, -0.2) is 92.6 Å². The minimum absolute atomic E-state index is 0.0547. The van der Waals surface area contributed by atoms with E-state index < -0.39 is 0 Å². The topological polar surface area (TPSA) is 60.4 Å². The quantitative estimate of drug-likeness (QED) is 0.548. The van der Waals surface area contributed by atoms with Crippen molar-refractivity contribution in [3.8, 4) is 0 Å². The van der Waals surface area contributed by atoms with Crippen molar-refractivity contribution in [2.45, 2.75) is 31.9 Å². The molecule has 8 heteroatoms. The molecule has 2 aliphatic heterocycles. The first-order chi connectivity index (χ1) is 14.5. The Morgan fingerprint density at radius 2 is 1.87 bits per heavy atom. The second kappa shape index (κ2) is 11.0. The van der Waals surface area contributed by atoms with Crippen LogP contribution in [0.15, 0.2) is 29.3 Å². The van der Waals surface area contributed by atoms with Crippen LogP contribution < -0.4 is 5.32 Å². The van der Waals surface area contributed by atoms with Gasteiger partial charge in [0.1, 0.15) is 0 Å². The zero-order valence-corrected chi connectivity index (χ0v) is 19.1. The zero-order valence-electron chi connectivity index (χ0n) is 18.3. The number of halogens is 1. The van der Waals surface area contributed by atoms with Crippen molar-refractivity contribution in [1.29, 1.82) is 0 Å². The number of nitrogens with zero attached hydrogens (tertiary/aromatic N) is 4. The molecule has 2 saturated heterocycles. The number of methoxy groups -OCH3 is 1. The average molecular weight is 436 g/mol.